The number of benzene rings is 1. The van der Waals surface area contributed by atoms with Gasteiger partial charge in [0, 0.05) is 17.8 Å². The second kappa shape index (κ2) is 8.04. The van der Waals surface area contributed by atoms with E-state index in [4.69, 9.17) is 26.6 Å². The fourth-order valence-corrected chi connectivity index (χ4v) is 4.38. The van der Waals surface area contributed by atoms with Crippen LogP contribution < -0.4 is 4.74 Å². The molecule has 1 aliphatic heterocycles. The Morgan fingerprint density at radius 2 is 1.97 bits per heavy atom. The van der Waals surface area contributed by atoms with Crippen molar-refractivity contribution < 1.29 is 9.53 Å². The van der Waals surface area contributed by atoms with Crippen LogP contribution in [-0.2, 0) is 6.54 Å². The Labute approximate surface area is 176 Å². The van der Waals surface area contributed by atoms with Gasteiger partial charge in [-0.3, -0.25) is 9.78 Å². The zero-order valence-corrected chi connectivity index (χ0v) is 17.4. The van der Waals surface area contributed by atoms with E-state index in [0.717, 1.165) is 42.6 Å². The van der Waals surface area contributed by atoms with Crippen molar-refractivity contribution in [1.82, 2.24) is 9.88 Å². The van der Waals surface area contributed by atoms with E-state index < -0.39 is 0 Å². The molecule has 0 saturated heterocycles. The summed E-state index contributed by atoms with van der Waals surface area (Å²) < 4.78 is 6.07. The van der Waals surface area contributed by atoms with Crippen molar-refractivity contribution in [3.05, 3.63) is 57.9 Å². The Bertz CT molecular complexity index is 975. The molecule has 0 bridgehead atoms. The van der Waals surface area contributed by atoms with Gasteiger partial charge >= 0.3 is 0 Å². The molecule has 2 aliphatic rings. The highest BCUT2D eigenvalue weighted by Gasteiger charge is 2.36. The summed E-state index contributed by atoms with van der Waals surface area (Å²) in [6, 6.07) is 11.4. The number of rotatable bonds is 4. The molecule has 1 aromatic heterocycles. The Balaban J connectivity index is 1.37. The van der Waals surface area contributed by atoms with Gasteiger partial charge in [-0.2, -0.15) is 5.26 Å². The Kier molecular flexibility index (Phi) is 5.47. The van der Waals surface area contributed by atoms with E-state index in [0.29, 0.717) is 28.8 Å². The molecule has 4 rings (SSSR count). The van der Waals surface area contributed by atoms with E-state index in [9.17, 15) is 4.79 Å². The van der Waals surface area contributed by atoms with Crippen LogP contribution in [0.25, 0.3) is 0 Å². The summed E-state index contributed by atoms with van der Waals surface area (Å²) in [5.74, 6) is 1.14. The number of hydrogen-bond donors (Lipinski definition) is 0. The van der Waals surface area contributed by atoms with Crippen molar-refractivity contribution in [2.45, 2.75) is 64.1 Å². The van der Waals surface area contributed by atoms with Crippen LogP contribution in [-0.4, -0.2) is 27.9 Å². The topological polar surface area (TPSA) is 66.2 Å². The molecule has 0 N–H and O–H groups in total. The standard InChI is InChI=1S/C23H24ClN3O2/c1-14(2)21-10-9-19-22(26-21)13-27(23(19)28)16-4-7-17(8-5-16)29-18-6-3-15(12-25)20(24)11-18/h3,6,9-11,14,16-17H,4-5,7-8,13H2,1-2H3/t16-,17-. The summed E-state index contributed by atoms with van der Waals surface area (Å²) in [7, 11) is 0. The van der Waals surface area contributed by atoms with Crippen LogP contribution in [0, 0.1) is 11.3 Å². The number of aromatic nitrogens is 1. The smallest absolute Gasteiger partial charge is 0.256 e. The molecule has 1 saturated carbocycles. The monoisotopic (exact) mass is 409 g/mol. The lowest BCUT2D eigenvalue weighted by atomic mass is 9.92. The lowest BCUT2D eigenvalue weighted by Gasteiger charge is -2.34. The van der Waals surface area contributed by atoms with Crippen LogP contribution in [0.3, 0.4) is 0 Å². The molecule has 29 heavy (non-hydrogen) atoms. The second-order valence-electron chi connectivity index (χ2n) is 8.12. The molecule has 0 unspecified atom stereocenters. The zero-order valence-electron chi connectivity index (χ0n) is 16.7. The largest absolute Gasteiger partial charge is 0.490 e. The van der Waals surface area contributed by atoms with Crippen LogP contribution in [0.1, 0.15) is 72.8 Å². The molecule has 1 amide bonds. The Morgan fingerprint density at radius 1 is 1.21 bits per heavy atom. The Hall–Kier alpha value is -2.58. The van der Waals surface area contributed by atoms with E-state index >= 15 is 0 Å². The summed E-state index contributed by atoms with van der Waals surface area (Å²) in [6.07, 6.45) is 3.68. The van der Waals surface area contributed by atoms with Crippen LogP contribution in [0.5, 0.6) is 5.75 Å². The Morgan fingerprint density at radius 3 is 2.62 bits per heavy atom. The highest BCUT2D eigenvalue weighted by Crippen LogP contribution is 2.33. The quantitative estimate of drug-likeness (QED) is 0.706. The van der Waals surface area contributed by atoms with Gasteiger partial charge in [0.15, 0.2) is 0 Å². The fraction of sp³-hybridized carbons (Fsp3) is 0.435. The number of ether oxygens (including phenoxy) is 1. The predicted molar refractivity (Wildman–Crippen MR) is 111 cm³/mol. The molecule has 1 aromatic carbocycles. The van der Waals surface area contributed by atoms with E-state index in [1.165, 1.54) is 0 Å². The molecule has 2 heterocycles. The maximum atomic E-state index is 12.9. The normalized spacial score (nSPS) is 21.2. The number of hydrogen-bond acceptors (Lipinski definition) is 4. The number of fused-ring (bicyclic) bond motifs is 1. The lowest BCUT2D eigenvalue weighted by Crippen LogP contribution is -2.40. The molecular formula is C23H24ClN3O2. The van der Waals surface area contributed by atoms with Gasteiger partial charge in [-0.05, 0) is 55.9 Å². The molecular weight excluding hydrogens is 386 g/mol. The van der Waals surface area contributed by atoms with Crippen molar-refractivity contribution in [2.75, 3.05) is 0 Å². The third-order valence-electron chi connectivity index (χ3n) is 5.85. The second-order valence-corrected chi connectivity index (χ2v) is 8.53. The maximum absolute atomic E-state index is 12.9. The number of halogens is 1. The first kappa shape index (κ1) is 19.7. The number of nitriles is 1. The van der Waals surface area contributed by atoms with Crippen molar-refractivity contribution in [1.29, 1.82) is 5.26 Å². The third-order valence-corrected chi connectivity index (χ3v) is 6.16. The van der Waals surface area contributed by atoms with E-state index in [1.807, 2.05) is 17.0 Å². The molecule has 0 atom stereocenters. The number of amides is 1. The van der Waals surface area contributed by atoms with Gasteiger partial charge < -0.3 is 9.64 Å². The molecule has 1 fully saturated rings. The fourth-order valence-electron chi connectivity index (χ4n) is 4.16. The minimum absolute atomic E-state index is 0.0981. The predicted octanol–water partition coefficient (Wildman–Crippen LogP) is 5.08. The van der Waals surface area contributed by atoms with Gasteiger partial charge in [-0.25, -0.2) is 0 Å². The molecule has 6 heteroatoms. The van der Waals surface area contributed by atoms with Crippen LogP contribution in [0.4, 0.5) is 0 Å². The van der Waals surface area contributed by atoms with Gasteiger partial charge in [-0.1, -0.05) is 25.4 Å². The van der Waals surface area contributed by atoms with Crippen molar-refractivity contribution >= 4 is 17.5 Å². The summed E-state index contributed by atoms with van der Waals surface area (Å²) >= 11 is 6.09. The summed E-state index contributed by atoms with van der Waals surface area (Å²) in [5.41, 5.74) is 3.15. The number of carbonyl (C=O) groups excluding carboxylic acids is 1. The van der Waals surface area contributed by atoms with Crippen molar-refractivity contribution in [3.8, 4) is 11.8 Å². The molecule has 5 nitrogen and oxygen atoms in total. The van der Waals surface area contributed by atoms with Crippen LogP contribution in [0.15, 0.2) is 30.3 Å². The third kappa shape index (κ3) is 3.95. The molecule has 150 valence electrons. The van der Waals surface area contributed by atoms with Gasteiger partial charge in [-0.15, -0.1) is 0 Å². The minimum atomic E-state index is 0.0981. The summed E-state index contributed by atoms with van der Waals surface area (Å²) in [6.45, 7) is 4.84. The average molecular weight is 410 g/mol. The maximum Gasteiger partial charge on any atom is 0.256 e. The first-order valence-corrected chi connectivity index (χ1v) is 10.5. The molecule has 0 radical (unpaired) electrons. The first-order valence-electron chi connectivity index (χ1n) is 10.1. The lowest BCUT2D eigenvalue weighted by molar-refractivity contribution is 0.0560. The first-order chi connectivity index (χ1) is 14.0. The highest BCUT2D eigenvalue weighted by atomic mass is 35.5. The van der Waals surface area contributed by atoms with Crippen molar-refractivity contribution in [3.63, 3.8) is 0 Å². The zero-order chi connectivity index (χ0) is 20.5. The highest BCUT2D eigenvalue weighted by molar-refractivity contribution is 6.31. The van der Waals surface area contributed by atoms with E-state index in [2.05, 4.69) is 19.9 Å². The summed E-state index contributed by atoms with van der Waals surface area (Å²) in [4.78, 5) is 19.6. The molecule has 0 spiro atoms. The number of nitrogens with zero attached hydrogens (tertiary/aromatic N) is 3. The van der Waals surface area contributed by atoms with Crippen LogP contribution in [0.2, 0.25) is 5.02 Å². The molecule has 2 aromatic rings. The van der Waals surface area contributed by atoms with E-state index in [-0.39, 0.29) is 18.1 Å². The number of pyridine rings is 1. The van der Waals surface area contributed by atoms with Gasteiger partial charge in [0.05, 0.1) is 34.5 Å². The molecule has 1 aliphatic carbocycles. The van der Waals surface area contributed by atoms with Gasteiger partial charge in [0.1, 0.15) is 11.8 Å². The average Bonchev–Trinajstić information content (AvgIpc) is 3.05. The van der Waals surface area contributed by atoms with Gasteiger partial charge in [0.25, 0.3) is 5.91 Å². The minimum Gasteiger partial charge on any atom is -0.490 e. The number of carbonyl (C=O) groups is 1. The SMILES string of the molecule is CC(C)c1ccc2c(n1)CN([C@H]1CC[C@H](Oc3ccc(C#N)c(Cl)c3)CC1)C2=O. The van der Waals surface area contributed by atoms with Gasteiger partial charge in [0.2, 0.25) is 0 Å². The van der Waals surface area contributed by atoms with E-state index in [1.54, 1.807) is 18.2 Å². The van der Waals surface area contributed by atoms with Crippen molar-refractivity contribution in [2.24, 2.45) is 0 Å². The summed E-state index contributed by atoms with van der Waals surface area (Å²) in [5, 5.41) is 9.39. The van der Waals surface area contributed by atoms with Crippen LogP contribution >= 0.6 is 11.6 Å².